The second-order valence-electron chi connectivity index (χ2n) is 5.13. The van der Waals surface area contributed by atoms with Crippen molar-refractivity contribution in [2.24, 2.45) is 0 Å². The number of rotatable bonds is 3. The van der Waals surface area contributed by atoms with Crippen LogP contribution in [0.5, 0.6) is 28.7 Å². The maximum absolute atomic E-state index is 12.5. The van der Waals surface area contributed by atoms with Crippen molar-refractivity contribution in [1.82, 2.24) is 0 Å². The van der Waals surface area contributed by atoms with Crippen LogP contribution in [0.2, 0.25) is 0 Å². The van der Waals surface area contributed by atoms with Crippen LogP contribution in [0.15, 0.2) is 30.3 Å². The molecule has 0 aliphatic carbocycles. The molecule has 23 heavy (non-hydrogen) atoms. The third-order valence-corrected chi connectivity index (χ3v) is 3.80. The maximum Gasteiger partial charge on any atom is 0.204 e. The van der Waals surface area contributed by atoms with Crippen molar-refractivity contribution in [3.63, 3.8) is 0 Å². The molecule has 1 aliphatic rings. The fraction of sp³-hybridized carbons (Fsp3) is 0.235. The number of hydrogen-bond donors (Lipinski definition) is 2. The van der Waals surface area contributed by atoms with E-state index in [9.17, 15) is 15.0 Å². The number of phenols is 2. The lowest BCUT2D eigenvalue weighted by atomic mass is 9.94. The van der Waals surface area contributed by atoms with Crippen LogP contribution in [0.3, 0.4) is 0 Å². The molecule has 3 rings (SSSR count). The van der Waals surface area contributed by atoms with Gasteiger partial charge < -0.3 is 24.4 Å². The van der Waals surface area contributed by atoms with Crippen LogP contribution in [-0.4, -0.2) is 30.2 Å². The topological polar surface area (TPSA) is 85.2 Å². The number of carbonyl (C=O) groups excluding carboxylic acids is 1. The number of carbonyl (C=O) groups is 1. The lowest BCUT2D eigenvalue weighted by Crippen LogP contribution is -2.21. The minimum absolute atomic E-state index is 0.0192. The molecule has 6 nitrogen and oxygen atoms in total. The first-order valence-electron chi connectivity index (χ1n) is 7.02. The highest BCUT2D eigenvalue weighted by Crippen LogP contribution is 2.50. The summed E-state index contributed by atoms with van der Waals surface area (Å²) < 4.78 is 16.3. The Labute approximate surface area is 132 Å². The highest BCUT2D eigenvalue weighted by molar-refractivity contribution is 6.03. The average molecular weight is 316 g/mol. The molecule has 0 saturated heterocycles. The molecule has 1 heterocycles. The fourth-order valence-corrected chi connectivity index (χ4v) is 2.75. The molecule has 2 aromatic rings. The van der Waals surface area contributed by atoms with Gasteiger partial charge in [0.2, 0.25) is 5.75 Å². The van der Waals surface area contributed by atoms with E-state index in [0.29, 0.717) is 11.3 Å². The van der Waals surface area contributed by atoms with Gasteiger partial charge in [0.05, 0.1) is 20.6 Å². The maximum atomic E-state index is 12.5. The van der Waals surface area contributed by atoms with Crippen LogP contribution in [-0.2, 0) is 0 Å². The number of methoxy groups -OCH3 is 2. The first-order valence-corrected chi connectivity index (χ1v) is 7.02. The predicted molar refractivity (Wildman–Crippen MR) is 81.6 cm³/mol. The fourth-order valence-electron chi connectivity index (χ4n) is 2.75. The van der Waals surface area contributed by atoms with Crippen LogP contribution in [0.4, 0.5) is 0 Å². The zero-order valence-corrected chi connectivity index (χ0v) is 12.7. The number of ether oxygens (including phenoxy) is 3. The molecule has 0 saturated carbocycles. The van der Waals surface area contributed by atoms with Gasteiger partial charge in [-0.1, -0.05) is 18.2 Å². The van der Waals surface area contributed by atoms with Gasteiger partial charge in [-0.15, -0.1) is 0 Å². The second-order valence-corrected chi connectivity index (χ2v) is 5.13. The first-order chi connectivity index (χ1) is 11.1. The Morgan fingerprint density at radius 1 is 1.13 bits per heavy atom. The molecule has 0 fully saturated rings. The zero-order valence-electron chi connectivity index (χ0n) is 12.7. The largest absolute Gasteiger partial charge is 0.507 e. The molecular formula is C17H16O6. The van der Waals surface area contributed by atoms with Crippen LogP contribution in [0, 0.1) is 0 Å². The number of hydrogen-bond acceptors (Lipinski definition) is 6. The summed E-state index contributed by atoms with van der Waals surface area (Å²) in [6.07, 6.45) is -0.546. The van der Waals surface area contributed by atoms with E-state index in [-0.39, 0.29) is 40.8 Å². The van der Waals surface area contributed by atoms with Crippen LogP contribution < -0.4 is 14.2 Å². The number of para-hydroxylation sites is 1. The molecule has 120 valence electrons. The van der Waals surface area contributed by atoms with E-state index in [1.807, 2.05) is 12.1 Å². The van der Waals surface area contributed by atoms with E-state index in [2.05, 4.69) is 0 Å². The van der Waals surface area contributed by atoms with Gasteiger partial charge in [0.1, 0.15) is 23.2 Å². The van der Waals surface area contributed by atoms with Crippen molar-refractivity contribution in [2.45, 2.75) is 12.5 Å². The van der Waals surface area contributed by atoms with Crippen molar-refractivity contribution in [3.8, 4) is 28.7 Å². The van der Waals surface area contributed by atoms with Crippen LogP contribution in [0.1, 0.15) is 28.4 Å². The van der Waals surface area contributed by atoms with E-state index in [0.717, 1.165) is 6.07 Å². The third-order valence-electron chi connectivity index (χ3n) is 3.80. The Bertz CT molecular complexity index is 768. The summed E-state index contributed by atoms with van der Waals surface area (Å²) in [5, 5.41) is 19.8. The van der Waals surface area contributed by atoms with Gasteiger partial charge in [-0.2, -0.15) is 0 Å². The molecule has 0 spiro atoms. The minimum atomic E-state index is -0.596. The normalized spacial score (nSPS) is 16.4. The molecule has 0 radical (unpaired) electrons. The van der Waals surface area contributed by atoms with Crippen LogP contribution in [0.25, 0.3) is 0 Å². The molecule has 0 amide bonds. The molecule has 2 aromatic carbocycles. The second kappa shape index (κ2) is 5.72. The minimum Gasteiger partial charge on any atom is -0.507 e. The Balaban J connectivity index is 2.11. The molecule has 2 N–H and O–H groups in total. The predicted octanol–water partition coefficient (Wildman–Crippen LogP) is 2.82. The Morgan fingerprint density at radius 3 is 2.57 bits per heavy atom. The standard InChI is InChI=1S/C17H16O6/c1-21-13-6-4-3-5-9(13)14-8-11(19)15-10(18)7-12(20)16(22-2)17(15)23-14/h3-7,14,18,20H,8H2,1-2H3. The lowest BCUT2D eigenvalue weighted by molar-refractivity contribution is 0.0833. The average Bonchev–Trinajstić information content (AvgIpc) is 2.54. The van der Waals surface area contributed by atoms with Gasteiger partial charge in [-0.3, -0.25) is 4.79 Å². The van der Waals surface area contributed by atoms with E-state index in [1.165, 1.54) is 14.2 Å². The molecule has 1 atom stereocenters. The number of fused-ring (bicyclic) bond motifs is 1. The van der Waals surface area contributed by atoms with E-state index in [1.54, 1.807) is 12.1 Å². The number of aromatic hydroxyl groups is 2. The Morgan fingerprint density at radius 2 is 1.87 bits per heavy atom. The summed E-state index contributed by atoms with van der Waals surface area (Å²) in [6.45, 7) is 0. The Hall–Kier alpha value is -2.89. The molecule has 1 unspecified atom stereocenters. The quantitative estimate of drug-likeness (QED) is 0.905. The van der Waals surface area contributed by atoms with Crippen molar-refractivity contribution >= 4 is 5.78 Å². The van der Waals surface area contributed by atoms with Crippen molar-refractivity contribution in [3.05, 3.63) is 41.5 Å². The smallest absolute Gasteiger partial charge is 0.204 e. The SMILES string of the molecule is COc1ccccc1C1CC(=O)c2c(O)cc(O)c(OC)c2O1. The van der Waals surface area contributed by atoms with E-state index >= 15 is 0 Å². The molecule has 6 heteroatoms. The van der Waals surface area contributed by atoms with Crippen LogP contribution >= 0.6 is 0 Å². The van der Waals surface area contributed by atoms with Gasteiger partial charge in [-0.25, -0.2) is 0 Å². The van der Waals surface area contributed by atoms with Gasteiger partial charge in [0, 0.05) is 11.6 Å². The van der Waals surface area contributed by atoms with Gasteiger partial charge in [0.25, 0.3) is 0 Å². The summed E-state index contributed by atoms with van der Waals surface area (Å²) in [5.74, 6) is -0.267. The van der Waals surface area contributed by atoms with Gasteiger partial charge in [-0.05, 0) is 6.07 Å². The summed E-state index contributed by atoms with van der Waals surface area (Å²) in [6, 6.07) is 8.28. The number of ketones is 1. The van der Waals surface area contributed by atoms with Crippen molar-refractivity contribution < 1.29 is 29.2 Å². The summed E-state index contributed by atoms with van der Waals surface area (Å²) in [4.78, 5) is 12.5. The molecule has 1 aliphatic heterocycles. The Kier molecular flexibility index (Phi) is 3.73. The third kappa shape index (κ3) is 2.42. The van der Waals surface area contributed by atoms with Gasteiger partial charge >= 0.3 is 0 Å². The van der Waals surface area contributed by atoms with E-state index in [4.69, 9.17) is 14.2 Å². The highest BCUT2D eigenvalue weighted by atomic mass is 16.5. The summed E-state index contributed by atoms with van der Waals surface area (Å²) in [5.41, 5.74) is 0.727. The first kappa shape index (κ1) is 15.0. The number of Topliss-reactive ketones (excluding diaryl/α,β-unsaturated/α-hetero) is 1. The molecule has 0 bridgehead atoms. The molecule has 0 aromatic heterocycles. The summed E-state index contributed by atoms with van der Waals surface area (Å²) >= 11 is 0. The summed E-state index contributed by atoms with van der Waals surface area (Å²) in [7, 11) is 2.89. The van der Waals surface area contributed by atoms with E-state index < -0.39 is 6.10 Å². The monoisotopic (exact) mass is 316 g/mol. The zero-order chi connectivity index (χ0) is 16.6. The number of phenolic OH excluding ortho intramolecular Hbond substituents is 2. The highest BCUT2D eigenvalue weighted by Gasteiger charge is 2.35. The van der Waals surface area contributed by atoms with Crippen molar-refractivity contribution in [2.75, 3.05) is 14.2 Å². The number of benzene rings is 2. The van der Waals surface area contributed by atoms with Gasteiger partial charge in [0.15, 0.2) is 17.3 Å². The van der Waals surface area contributed by atoms with Crippen molar-refractivity contribution in [1.29, 1.82) is 0 Å². The molecular weight excluding hydrogens is 300 g/mol. The lowest BCUT2D eigenvalue weighted by Gasteiger charge is -2.28.